The number of aryl methyl sites for hydroxylation is 12. The monoisotopic (exact) mass is 1510 g/mol. The smallest absolute Gasteiger partial charge is 0.146 e. The van der Waals surface area contributed by atoms with Crippen LogP contribution in [0.5, 0.6) is 0 Å². The van der Waals surface area contributed by atoms with Gasteiger partial charge in [-0.05, 0) is 203 Å². The maximum atomic E-state index is 8.42. The van der Waals surface area contributed by atoms with Gasteiger partial charge in [-0.2, -0.15) is 0 Å². The molecule has 0 radical (unpaired) electrons. The van der Waals surface area contributed by atoms with Gasteiger partial charge in [0.25, 0.3) is 0 Å². The van der Waals surface area contributed by atoms with Gasteiger partial charge in [0.2, 0.25) is 0 Å². The average molecular weight is 1510 g/mol. The number of rotatable bonds is 15. The Morgan fingerprint density at radius 2 is 0.322 bits per heavy atom. The van der Waals surface area contributed by atoms with Crippen LogP contribution in [0.25, 0.3) is 100 Å². The topological polar surface area (TPSA) is 69.2 Å². The summed E-state index contributed by atoms with van der Waals surface area (Å²) in [4.78, 5) is 0. The molecule has 0 aliphatic heterocycles. The van der Waals surface area contributed by atoms with Crippen molar-refractivity contribution in [2.24, 2.45) is 0 Å². The quantitative estimate of drug-likeness (QED) is 0.0759. The van der Waals surface area contributed by atoms with Gasteiger partial charge < -0.3 is 15.1 Å². The molecule has 6 nitrogen and oxygen atoms in total. The van der Waals surface area contributed by atoms with Gasteiger partial charge in [0, 0.05) is 53.1 Å². The summed E-state index contributed by atoms with van der Waals surface area (Å²) in [6.07, 6.45) is 0. The lowest BCUT2D eigenvalue weighted by atomic mass is 9.84. The predicted molar refractivity (Wildman–Crippen MR) is 490 cm³/mol. The number of hydrogen-bond acceptors (Lipinski definition) is 3. The maximum Gasteiger partial charge on any atom is 0.146 e. The van der Waals surface area contributed by atoms with Gasteiger partial charge in [0.15, 0.2) is 0 Å². The van der Waals surface area contributed by atoms with Gasteiger partial charge in [0.05, 0.1) is 59.0 Å². The molecule has 576 valence electrons. The fraction of sp³-hybridized carbons (Fsp3) is 0.167. The number of benzene rings is 15. The van der Waals surface area contributed by atoms with Crippen LogP contribution in [0.4, 0.5) is 34.1 Å². The van der Waals surface area contributed by atoms with Gasteiger partial charge in [0.1, 0.15) is 34.1 Å². The zero-order valence-electron chi connectivity index (χ0n) is 70.3. The summed E-state index contributed by atoms with van der Waals surface area (Å²) in [6, 6.07) is 121. The van der Waals surface area contributed by atoms with Crippen LogP contribution in [0.15, 0.2) is 328 Å². The second-order valence-electron chi connectivity index (χ2n) is 32.6. The fourth-order valence-electron chi connectivity index (χ4n) is 16.3. The van der Waals surface area contributed by atoms with E-state index in [1.165, 1.54) is 201 Å². The Bertz CT molecular complexity index is 5420. The fourth-order valence-corrected chi connectivity index (χ4v) is 16.3. The van der Waals surface area contributed by atoms with Crippen LogP contribution in [0.2, 0.25) is 0 Å². The summed E-state index contributed by atoms with van der Waals surface area (Å²) >= 11 is 0. The molecule has 0 fully saturated rings. The molecule has 0 aromatic heterocycles. The molecular formula is C108H108BN3O3. The number of hydrogen-bond donors (Lipinski definition) is 0. The zero-order chi connectivity index (χ0) is 82.0. The summed E-state index contributed by atoms with van der Waals surface area (Å²) < 4.78 is 1.95. The molecule has 15 rings (SSSR count). The van der Waals surface area contributed by atoms with Crippen molar-refractivity contribution < 1.29 is 15.1 Å². The SMILES string of the molecule is Cc1cccc(-c2ccc([N+](C)(C)c3cccc(C)c3)c(-c3cccc(C)c3)c2-c2cccc(C)c2)c1.Cc1cccc(-c2ccc([N+](C)(C)c3cccc(C)c3)c(-c3cccc(C)c3)c2-c2cccc(C)c2)c1.Cc1cccc(-c2ccc([N+](C)(C)c3cccc(C)c3)c(-c3cccc(C)c3)c2-c2cccc(C)c2)c1.[O-]B([O-])[O-]. The van der Waals surface area contributed by atoms with Crippen LogP contribution in [-0.2, 0) is 0 Å². The molecule has 0 aliphatic carbocycles. The van der Waals surface area contributed by atoms with E-state index in [9.17, 15) is 0 Å². The minimum atomic E-state index is -2.92. The molecule has 0 saturated carbocycles. The molecule has 0 N–H and O–H groups in total. The molecule has 0 saturated heterocycles. The van der Waals surface area contributed by atoms with Gasteiger partial charge in [-0.1, -0.05) is 305 Å². The van der Waals surface area contributed by atoms with Crippen molar-refractivity contribution in [3.63, 3.8) is 0 Å². The van der Waals surface area contributed by atoms with E-state index in [1.807, 2.05) is 0 Å². The van der Waals surface area contributed by atoms with Crippen LogP contribution in [0, 0.1) is 83.1 Å². The van der Waals surface area contributed by atoms with E-state index in [0.29, 0.717) is 13.4 Å². The van der Waals surface area contributed by atoms with E-state index in [1.54, 1.807) is 0 Å². The Morgan fingerprint density at radius 1 is 0.174 bits per heavy atom. The van der Waals surface area contributed by atoms with E-state index in [-0.39, 0.29) is 0 Å². The van der Waals surface area contributed by atoms with E-state index in [0.717, 1.165) is 0 Å². The Morgan fingerprint density at radius 3 is 0.496 bits per heavy atom. The first-order chi connectivity index (χ1) is 54.9. The van der Waals surface area contributed by atoms with E-state index < -0.39 is 7.32 Å². The number of quaternary nitrogens is 3. The highest BCUT2D eigenvalue weighted by atomic mass is 16.5. The Labute approximate surface area is 685 Å². The first kappa shape index (κ1) is 82.6. The van der Waals surface area contributed by atoms with Crippen molar-refractivity contribution in [2.75, 3.05) is 42.3 Å². The molecule has 0 atom stereocenters. The first-order valence-corrected chi connectivity index (χ1v) is 39.8. The summed E-state index contributed by atoms with van der Waals surface area (Å²) in [6.45, 7) is 26.1. The van der Waals surface area contributed by atoms with Crippen molar-refractivity contribution in [1.82, 2.24) is 13.4 Å². The Kier molecular flexibility index (Phi) is 25.6. The first-order valence-electron chi connectivity index (χ1n) is 39.8. The molecule has 0 unspecified atom stereocenters. The molecule has 0 amide bonds. The van der Waals surface area contributed by atoms with E-state index in [4.69, 9.17) is 15.1 Å². The predicted octanol–water partition coefficient (Wildman–Crippen LogP) is 25.5. The molecule has 15 aromatic carbocycles. The van der Waals surface area contributed by atoms with Gasteiger partial charge >= 0.3 is 0 Å². The summed E-state index contributed by atoms with van der Waals surface area (Å²) in [5.74, 6) is 0. The third-order valence-electron chi connectivity index (χ3n) is 22.1. The second kappa shape index (κ2) is 35.7. The molecule has 0 bridgehead atoms. The average Bonchev–Trinajstić information content (AvgIpc) is 0.751. The minimum Gasteiger partial charge on any atom is -0.907 e. The third kappa shape index (κ3) is 19.2. The van der Waals surface area contributed by atoms with Crippen molar-refractivity contribution in [3.05, 3.63) is 394 Å². The van der Waals surface area contributed by atoms with Crippen molar-refractivity contribution in [2.45, 2.75) is 83.1 Å². The third-order valence-corrected chi connectivity index (χ3v) is 22.1. The molecule has 0 spiro atoms. The van der Waals surface area contributed by atoms with Crippen LogP contribution in [0.3, 0.4) is 0 Å². The molecule has 15 aromatic rings. The van der Waals surface area contributed by atoms with Crippen LogP contribution in [-0.4, -0.2) is 49.6 Å². The number of nitrogens with zero attached hydrogens (tertiary/aromatic N) is 3. The van der Waals surface area contributed by atoms with Gasteiger partial charge in [-0.3, -0.25) is 20.8 Å². The highest BCUT2D eigenvalue weighted by Gasteiger charge is 2.35. The minimum absolute atomic E-state index is 0.651. The summed E-state index contributed by atoms with van der Waals surface area (Å²) in [7, 11) is 10.9. The lowest BCUT2D eigenvalue weighted by Gasteiger charge is -2.35. The normalized spacial score (nSPS) is 11.3. The molecule has 0 aliphatic rings. The van der Waals surface area contributed by atoms with Gasteiger partial charge in [-0.15, -0.1) is 0 Å². The van der Waals surface area contributed by atoms with Crippen LogP contribution in [0.1, 0.15) is 66.8 Å². The standard InChI is InChI=1S/3C36H36N.BO3/c3*1-25-11-7-15-29(21-25)33-19-20-34(37(5,6)32-18-10-14-28(4)24-32)36(31-17-9-13-27(3)23-31)35(33)30-16-8-12-26(2)22-30;2-1(3)4/h3*7-24H,1-6H3;/q3*+1;-3. The summed E-state index contributed by atoms with van der Waals surface area (Å²) in [5.41, 5.74) is 45.6. The van der Waals surface area contributed by atoms with Crippen molar-refractivity contribution in [1.29, 1.82) is 0 Å². The molecule has 115 heavy (non-hydrogen) atoms. The highest BCUT2D eigenvalue weighted by Crippen LogP contribution is 2.53. The van der Waals surface area contributed by atoms with Crippen molar-refractivity contribution >= 4 is 41.4 Å². The maximum absolute atomic E-state index is 8.42. The second-order valence-corrected chi connectivity index (χ2v) is 32.6. The van der Waals surface area contributed by atoms with E-state index >= 15 is 0 Å². The zero-order valence-corrected chi connectivity index (χ0v) is 70.3. The lowest BCUT2D eigenvalue weighted by Crippen LogP contribution is -2.56. The van der Waals surface area contributed by atoms with Gasteiger partial charge in [-0.25, -0.2) is 0 Å². The molecular weight excluding hydrogens is 1400 g/mol. The largest absolute Gasteiger partial charge is 0.907 e. The molecule has 0 heterocycles. The van der Waals surface area contributed by atoms with Crippen molar-refractivity contribution in [3.8, 4) is 100 Å². The lowest BCUT2D eigenvalue weighted by molar-refractivity contribution is -0.479. The highest BCUT2D eigenvalue weighted by molar-refractivity contribution is 6.24. The van der Waals surface area contributed by atoms with E-state index in [2.05, 4.69) is 453 Å². The molecule has 7 heteroatoms. The van der Waals surface area contributed by atoms with Crippen LogP contribution >= 0.6 is 0 Å². The Balaban J connectivity index is 0.000000155. The summed E-state index contributed by atoms with van der Waals surface area (Å²) in [5, 5.41) is 25.2. The van der Waals surface area contributed by atoms with Crippen LogP contribution < -0.4 is 28.5 Å². The Hall–Kier alpha value is -11.9.